The summed E-state index contributed by atoms with van der Waals surface area (Å²) in [7, 11) is 0. The van der Waals surface area contributed by atoms with Gasteiger partial charge in [-0.2, -0.15) is 0 Å². The fourth-order valence-electron chi connectivity index (χ4n) is 2.04. The zero-order valence-electron chi connectivity index (χ0n) is 11.4. The van der Waals surface area contributed by atoms with E-state index in [1.54, 1.807) is 11.3 Å². The molecule has 19 heavy (non-hydrogen) atoms. The molecule has 0 aliphatic carbocycles. The van der Waals surface area contributed by atoms with E-state index in [1.165, 1.54) is 25.4 Å². The van der Waals surface area contributed by atoms with Crippen LogP contribution < -0.4 is 11.3 Å². The third kappa shape index (κ3) is 3.26. The second-order valence-electron chi connectivity index (χ2n) is 5.03. The van der Waals surface area contributed by atoms with Crippen molar-refractivity contribution in [2.45, 2.75) is 32.7 Å². The van der Waals surface area contributed by atoms with Crippen molar-refractivity contribution in [3.8, 4) is 0 Å². The molecular weight excluding hydrogens is 320 g/mol. The maximum absolute atomic E-state index is 5.74. The summed E-state index contributed by atoms with van der Waals surface area (Å²) in [5, 5.41) is 0. The van der Waals surface area contributed by atoms with Gasteiger partial charge in [0.05, 0.1) is 9.83 Å². The van der Waals surface area contributed by atoms with E-state index in [2.05, 4.69) is 72.5 Å². The Kier molecular flexibility index (Phi) is 4.79. The van der Waals surface area contributed by atoms with Crippen LogP contribution in [0.4, 0.5) is 0 Å². The number of hydrogen-bond donors (Lipinski definition) is 2. The third-order valence-electron chi connectivity index (χ3n) is 3.26. The van der Waals surface area contributed by atoms with E-state index in [0.29, 0.717) is 5.92 Å². The maximum atomic E-state index is 5.74. The smallest absolute Gasteiger partial charge is 0.0803 e. The molecule has 0 bridgehead atoms. The highest BCUT2D eigenvalue weighted by Gasteiger charge is 2.16. The van der Waals surface area contributed by atoms with E-state index in [-0.39, 0.29) is 6.04 Å². The zero-order valence-corrected chi connectivity index (χ0v) is 13.8. The minimum absolute atomic E-state index is 0.0520. The first kappa shape index (κ1) is 14.7. The van der Waals surface area contributed by atoms with Gasteiger partial charge in [0.2, 0.25) is 0 Å². The molecule has 0 spiro atoms. The summed E-state index contributed by atoms with van der Waals surface area (Å²) in [5.41, 5.74) is 6.71. The van der Waals surface area contributed by atoms with Gasteiger partial charge in [-0.05, 0) is 51.5 Å². The number of benzene rings is 1. The Hall–Kier alpha value is -0.680. The highest BCUT2D eigenvalue weighted by molar-refractivity contribution is 9.11. The SMILES string of the molecule is Cc1cc(C(NN)c2ccc(C(C)C)cc2)sc1Br. The molecular formula is C15H19BrN2S. The van der Waals surface area contributed by atoms with Crippen molar-refractivity contribution in [2.75, 3.05) is 0 Å². The topological polar surface area (TPSA) is 38.0 Å². The number of aryl methyl sites for hydroxylation is 1. The molecule has 2 aromatic rings. The van der Waals surface area contributed by atoms with Gasteiger partial charge in [0, 0.05) is 4.88 Å². The molecule has 0 fully saturated rings. The maximum Gasteiger partial charge on any atom is 0.0803 e. The predicted molar refractivity (Wildman–Crippen MR) is 86.5 cm³/mol. The van der Waals surface area contributed by atoms with Gasteiger partial charge in [-0.15, -0.1) is 11.3 Å². The first-order valence-corrected chi connectivity index (χ1v) is 7.95. The van der Waals surface area contributed by atoms with E-state index < -0.39 is 0 Å². The van der Waals surface area contributed by atoms with Crippen LogP contribution in [-0.2, 0) is 0 Å². The van der Waals surface area contributed by atoms with E-state index in [0.717, 1.165) is 0 Å². The number of hydrazine groups is 1. The molecule has 4 heteroatoms. The quantitative estimate of drug-likeness (QED) is 0.636. The van der Waals surface area contributed by atoms with Gasteiger partial charge in [0.25, 0.3) is 0 Å². The monoisotopic (exact) mass is 338 g/mol. The van der Waals surface area contributed by atoms with Crippen molar-refractivity contribution in [3.05, 3.63) is 55.7 Å². The van der Waals surface area contributed by atoms with Crippen LogP contribution in [0.3, 0.4) is 0 Å². The normalized spacial score (nSPS) is 12.9. The van der Waals surface area contributed by atoms with Crippen LogP contribution in [0.5, 0.6) is 0 Å². The van der Waals surface area contributed by atoms with Crippen molar-refractivity contribution in [3.63, 3.8) is 0 Å². The van der Waals surface area contributed by atoms with E-state index in [1.807, 2.05) is 0 Å². The molecule has 0 radical (unpaired) electrons. The molecule has 3 N–H and O–H groups in total. The minimum Gasteiger partial charge on any atom is -0.271 e. The summed E-state index contributed by atoms with van der Waals surface area (Å²) in [6, 6.07) is 10.9. The molecule has 1 unspecified atom stereocenters. The Bertz CT molecular complexity index is 526. The van der Waals surface area contributed by atoms with E-state index in [9.17, 15) is 0 Å². The molecule has 2 rings (SSSR count). The van der Waals surface area contributed by atoms with Crippen molar-refractivity contribution in [1.82, 2.24) is 5.43 Å². The van der Waals surface area contributed by atoms with Gasteiger partial charge in [0.15, 0.2) is 0 Å². The molecule has 0 aliphatic rings. The van der Waals surface area contributed by atoms with Crippen LogP contribution in [0.25, 0.3) is 0 Å². The van der Waals surface area contributed by atoms with Gasteiger partial charge in [-0.3, -0.25) is 5.84 Å². The van der Waals surface area contributed by atoms with Crippen LogP contribution >= 0.6 is 27.3 Å². The Morgan fingerprint density at radius 2 is 1.74 bits per heavy atom. The largest absolute Gasteiger partial charge is 0.271 e. The standard InChI is InChI=1S/C15H19BrN2S/c1-9(2)11-4-6-12(7-5-11)14(18-17)13-8-10(3)15(16)19-13/h4-9,14,18H,17H2,1-3H3. The third-order valence-corrected chi connectivity index (χ3v) is 5.47. The summed E-state index contributed by atoms with van der Waals surface area (Å²) in [5.74, 6) is 6.29. The van der Waals surface area contributed by atoms with Crippen molar-refractivity contribution >= 4 is 27.3 Å². The van der Waals surface area contributed by atoms with Gasteiger partial charge in [-0.1, -0.05) is 38.1 Å². The molecule has 1 atom stereocenters. The number of nitrogens with two attached hydrogens (primary N) is 1. The van der Waals surface area contributed by atoms with Crippen LogP contribution in [0.1, 0.15) is 47.4 Å². The molecule has 2 nitrogen and oxygen atoms in total. The average molecular weight is 339 g/mol. The molecule has 0 saturated heterocycles. The lowest BCUT2D eigenvalue weighted by Crippen LogP contribution is -2.28. The van der Waals surface area contributed by atoms with Gasteiger partial charge < -0.3 is 0 Å². The molecule has 1 heterocycles. The number of nitrogens with one attached hydrogen (secondary N) is 1. The minimum atomic E-state index is 0.0520. The van der Waals surface area contributed by atoms with Crippen molar-refractivity contribution in [1.29, 1.82) is 0 Å². The Labute approximate surface area is 127 Å². The summed E-state index contributed by atoms with van der Waals surface area (Å²) < 4.78 is 1.17. The number of hydrogen-bond acceptors (Lipinski definition) is 3. The summed E-state index contributed by atoms with van der Waals surface area (Å²) in [6.45, 7) is 6.50. The van der Waals surface area contributed by atoms with Gasteiger partial charge in [-0.25, -0.2) is 5.43 Å². The first-order chi connectivity index (χ1) is 9.02. The molecule has 0 amide bonds. The second-order valence-corrected chi connectivity index (χ2v) is 7.43. The molecule has 0 saturated carbocycles. The second kappa shape index (κ2) is 6.18. The number of rotatable bonds is 4. The van der Waals surface area contributed by atoms with Crippen LogP contribution in [-0.4, -0.2) is 0 Å². The van der Waals surface area contributed by atoms with Crippen LogP contribution in [0.15, 0.2) is 34.1 Å². The fourth-order valence-corrected chi connectivity index (χ4v) is 3.70. The van der Waals surface area contributed by atoms with Crippen molar-refractivity contribution in [2.24, 2.45) is 5.84 Å². The van der Waals surface area contributed by atoms with Crippen LogP contribution in [0, 0.1) is 6.92 Å². The molecule has 102 valence electrons. The number of thiophene rings is 1. The Balaban J connectivity index is 2.31. The highest BCUT2D eigenvalue weighted by atomic mass is 79.9. The lowest BCUT2D eigenvalue weighted by molar-refractivity contribution is 0.646. The lowest BCUT2D eigenvalue weighted by atomic mass is 9.98. The number of halogens is 1. The van der Waals surface area contributed by atoms with Crippen molar-refractivity contribution < 1.29 is 0 Å². The lowest BCUT2D eigenvalue weighted by Gasteiger charge is -2.16. The van der Waals surface area contributed by atoms with E-state index in [4.69, 9.17) is 5.84 Å². The summed E-state index contributed by atoms with van der Waals surface area (Å²) in [4.78, 5) is 1.23. The van der Waals surface area contributed by atoms with Gasteiger partial charge in [0.1, 0.15) is 0 Å². The Morgan fingerprint density at radius 1 is 1.16 bits per heavy atom. The summed E-state index contributed by atoms with van der Waals surface area (Å²) >= 11 is 5.29. The zero-order chi connectivity index (χ0) is 14.0. The Morgan fingerprint density at radius 3 is 2.16 bits per heavy atom. The molecule has 1 aromatic heterocycles. The van der Waals surface area contributed by atoms with Crippen LogP contribution in [0.2, 0.25) is 0 Å². The first-order valence-electron chi connectivity index (χ1n) is 6.34. The predicted octanol–water partition coefficient (Wildman–Crippen LogP) is 4.50. The summed E-state index contributed by atoms with van der Waals surface area (Å²) in [6.07, 6.45) is 0. The van der Waals surface area contributed by atoms with Gasteiger partial charge >= 0.3 is 0 Å². The average Bonchev–Trinajstić information content (AvgIpc) is 2.71. The molecule has 0 aliphatic heterocycles. The van der Waals surface area contributed by atoms with E-state index >= 15 is 0 Å². The highest BCUT2D eigenvalue weighted by Crippen LogP contribution is 2.34. The fraction of sp³-hybridized carbons (Fsp3) is 0.333. The molecule has 1 aromatic carbocycles.